The number of rotatable bonds is 3. The minimum Gasteiger partial charge on any atom is -0.350 e. The highest BCUT2D eigenvalue weighted by Gasteiger charge is 2.19. The third-order valence-electron chi connectivity index (χ3n) is 3.18. The molecule has 0 saturated heterocycles. The van der Waals surface area contributed by atoms with E-state index in [0.29, 0.717) is 12.1 Å². The molecule has 0 spiro atoms. The highest BCUT2D eigenvalue weighted by Crippen LogP contribution is 2.20. The molecule has 0 unspecified atom stereocenters. The second kappa shape index (κ2) is 5.00. The van der Waals surface area contributed by atoms with Crippen LogP contribution >= 0.6 is 0 Å². The molecule has 0 fully saturated rings. The Hall–Kier alpha value is -1.16. The molecule has 0 aliphatic carbocycles. The van der Waals surface area contributed by atoms with Gasteiger partial charge in [0.1, 0.15) is 0 Å². The quantitative estimate of drug-likeness (QED) is 0.865. The average molecular weight is 234 g/mol. The van der Waals surface area contributed by atoms with Gasteiger partial charge in [0.2, 0.25) is 0 Å². The molecule has 94 valence electrons. The van der Waals surface area contributed by atoms with Crippen molar-refractivity contribution in [1.29, 1.82) is 0 Å². The molecule has 0 atom stereocenters. The minimum absolute atomic E-state index is 0.443. The number of anilines is 1. The Morgan fingerprint density at radius 3 is 2.53 bits per heavy atom. The fourth-order valence-electron chi connectivity index (χ4n) is 2.49. The largest absolute Gasteiger partial charge is 0.350 e. The molecule has 4 heteroatoms. The van der Waals surface area contributed by atoms with Gasteiger partial charge in [0.25, 0.3) is 0 Å². The second-order valence-electron chi connectivity index (χ2n) is 5.20. The van der Waals surface area contributed by atoms with Crippen molar-refractivity contribution in [2.45, 2.75) is 52.7 Å². The van der Waals surface area contributed by atoms with Crippen molar-refractivity contribution >= 4 is 5.82 Å². The third kappa shape index (κ3) is 2.57. The SMILES string of the molecule is CC(C)N(c1cc2c(nn1)CCNC2)C(C)C. The van der Waals surface area contributed by atoms with Crippen LogP contribution < -0.4 is 10.2 Å². The third-order valence-corrected chi connectivity index (χ3v) is 3.18. The molecule has 0 aromatic carbocycles. The predicted molar refractivity (Wildman–Crippen MR) is 70.2 cm³/mol. The van der Waals surface area contributed by atoms with Crippen molar-refractivity contribution in [2.75, 3.05) is 11.4 Å². The molecule has 1 N–H and O–H groups in total. The van der Waals surface area contributed by atoms with Gasteiger partial charge in [-0.1, -0.05) is 0 Å². The van der Waals surface area contributed by atoms with E-state index in [4.69, 9.17) is 0 Å². The Bertz CT molecular complexity index is 379. The van der Waals surface area contributed by atoms with Crippen LogP contribution in [-0.4, -0.2) is 28.8 Å². The summed E-state index contributed by atoms with van der Waals surface area (Å²) in [6, 6.07) is 3.08. The van der Waals surface area contributed by atoms with Gasteiger partial charge in [0, 0.05) is 31.6 Å². The summed E-state index contributed by atoms with van der Waals surface area (Å²) in [7, 11) is 0. The van der Waals surface area contributed by atoms with E-state index in [1.807, 2.05) is 0 Å². The van der Waals surface area contributed by atoms with Gasteiger partial charge in [0.05, 0.1) is 5.69 Å². The maximum absolute atomic E-state index is 4.38. The van der Waals surface area contributed by atoms with E-state index < -0.39 is 0 Å². The summed E-state index contributed by atoms with van der Waals surface area (Å²) in [6.07, 6.45) is 0.992. The lowest BCUT2D eigenvalue weighted by atomic mass is 10.1. The van der Waals surface area contributed by atoms with Gasteiger partial charge in [-0.3, -0.25) is 0 Å². The van der Waals surface area contributed by atoms with Crippen molar-refractivity contribution in [3.05, 3.63) is 17.3 Å². The zero-order valence-electron chi connectivity index (χ0n) is 11.2. The maximum Gasteiger partial charge on any atom is 0.152 e. The average Bonchev–Trinajstić information content (AvgIpc) is 2.28. The molecular weight excluding hydrogens is 212 g/mol. The summed E-state index contributed by atoms with van der Waals surface area (Å²) in [5.74, 6) is 0.998. The summed E-state index contributed by atoms with van der Waals surface area (Å²) in [5, 5.41) is 12.1. The van der Waals surface area contributed by atoms with E-state index in [1.54, 1.807) is 0 Å². The highest BCUT2D eigenvalue weighted by atomic mass is 15.3. The van der Waals surface area contributed by atoms with Crippen molar-refractivity contribution in [3.63, 3.8) is 0 Å². The maximum atomic E-state index is 4.38. The smallest absolute Gasteiger partial charge is 0.152 e. The lowest BCUT2D eigenvalue weighted by Crippen LogP contribution is -2.38. The van der Waals surface area contributed by atoms with E-state index in [9.17, 15) is 0 Å². The number of aromatic nitrogens is 2. The summed E-state index contributed by atoms with van der Waals surface area (Å²) in [4.78, 5) is 2.31. The van der Waals surface area contributed by atoms with Gasteiger partial charge < -0.3 is 10.2 Å². The molecule has 4 nitrogen and oxygen atoms in total. The fraction of sp³-hybridized carbons (Fsp3) is 0.692. The fourth-order valence-corrected chi connectivity index (χ4v) is 2.49. The molecule has 0 radical (unpaired) electrons. The number of hydrogen-bond donors (Lipinski definition) is 1. The summed E-state index contributed by atoms with van der Waals surface area (Å²) < 4.78 is 0. The molecule has 17 heavy (non-hydrogen) atoms. The van der Waals surface area contributed by atoms with Gasteiger partial charge in [-0.25, -0.2) is 0 Å². The lowest BCUT2D eigenvalue weighted by molar-refractivity contribution is 0.582. The second-order valence-corrected chi connectivity index (χ2v) is 5.20. The molecule has 1 aromatic rings. The number of nitrogens with one attached hydrogen (secondary N) is 1. The van der Waals surface area contributed by atoms with Crippen LogP contribution in [0.15, 0.2) is 6.07 Å². The van der Waals surface area contributed by atoms with Crippen LogP contribution in [0, 0.1) is 0 Å². The van der Waals surface area contributed by atoms with Crippen molar-refractivity contribution in [2.24, 2.45) is 0 Å². The first-order valence-electron chi connectivity index (χ1n) is 6.44. The van der Waals surface area contributed by atoms with E-state index in [0.717, 1.165) is 31.0 Å². The molecule has 0 amide bonds. The monoisotopic (exact) mass is 234 g/mol. The number of fused-ring (bicyclic) bond motifs is 1. The first-order chi connectivity index (χ1) is 8.09. The van der Waals surface area contributed by atoms with Crippen molar-refractivity contribution in [3.8, 4) is 0 Å². The van der Waals surface area contributed by atoms with Crippen molar-refractivity contribution in [1.82, 2.24) is 15.5 Å². The Labute approximate surface area is 103 Å². The van der Waals surface area contributed by atoms with E-state index in [2.05, 4.69) is 54.2 Å². The molecule has 0 bridgehead atoms. The molecule has 1 aliphatic heterocycles. The van der Waals surface area contributed by atoms with Gasteiger partial charge in [-0.2, -0.15) is 5.10 Å². The van der Waals surface area contributed by atoms with Crippen LogP contribution in [0.5, 0.6) is 0 Å². The zero-order chi connectivity index (χ0) is 12.4. The topological polar surface area (TPSA) is 41.1 Å². The van der Waals surface area contributed by atoms with E-state index >= 15 is 0 Å². The van der Waals surface area contributed by atoms with Gasteiger partial charge in [-0.15, -0.1) is 5.10 Å². The zero-order valence-corrected chi connectivity index (χ0v) is 11.2. The van der Waals surface area contributed by atoms with Crippen LogP contribution in [0.3, 0.4) is 0 Å². The van der Waals surface area contributed by atoms with Crippen molar-refractivity contribution < 1.29 is 0 Å². The lowest BCUT2D eigenvalue weighted by Gasteiger charge is -2.32. The minimum atomic E-state index is 0.443. The Balaban J connectivity index is 2.31. The summed E-state index contributed by atoms with van der Waals surface area (Å²) >= 11 is 0. The molecule has 2 rings (SSSR count). The van der Waals surface area contributed by atoms with Crippen LogP contribution in [0.4, 0.5) is 5.82 Å². The Kier molecular flexibility index (Phi) is 3.62. The van der Waals surface area contributed by atoms with Crippen LogP contribution in [-0.2, 0) is 13.0 Å². The van der Waals surface area contributed by atoms with Crippen LogP contribution in [0.1, 0.15) is 39.0 Å². The molecule has 2 heterocycles. The molecule has 1 aliphatic rings. The molecule has 1 aromatic heterocycles. The van der Waals surface area contributed by atoms with Gasteiger partial charge in [0.15, 0.2) is 5.82 Å². The first-order valence-corrected chi connectivity index (χ1v) is 6.44. The highest BCUT2D eigenvalue weighted by molar-refractivity contribution is 5.43. The summed E-state index contributed by atoms with van der Waals surface area (Å²) in [6.45, 7) is 10.7. The predicted octanol–water partition coefficient (Wildman–Crippen LogP) is 1.75. The van der Waals surface area contributed by atoms with Crippen LogP contribution in [0.25, 0.3) is 0 Å². The number of nitrogens with zero attached hydrogens (tertiary/aromatic N) is 3. The standard InChI is InChI=1S/C13H22N4/c1-9(2)17(10(3)4)13-7-11-8-14-6-5-12(11)15-16-13/h7,9-10,14H,5-6,8H2,1-4H3. The van der Waals surface area contributed by atoms with Gasteiger partial charge >= 0.3 is 0 Å². The summed E-state index contributed by atoms with van der Waals surface area (Å²) in [5.41, 5.74) is 2.45. The molecule has 0 saturated carbocycles. The Morgan fingerprint density at radius 1 is 1.18 bits per heavy atom. The van der Waals surface area contributed by atoms with Gasteiger partial charge in [-0.05, 0) is 39.3 Å². The van der Waals surface area contributed by atoms with Crippen LogP contribution in [0.2, 0.25) is 0 Å². The van der Waals surface area contributed by atoms with E-state index in [-0.39, 0.29) is 0 Å². The Morgan fingerprint density at radius 2 is 1.88 bits per heavy atom. The van der Waals surface area contributed by atoms with E-state index in [1.165, 1.54) is 5.56 Å². The molecular formula is C13H22N4. The normalized spacial score (nSPS) is 15.2. The number of hydrogen-bond acceptors (Lipinski definition) is 4. The first kappa shape index (κ1) is 12.3.